The van der Waals surface area contributed by atoms with Crippen molar-refractivity contribution in [2.75, 3.05) is 6.61 Å². The molecule has 0 aromatic heterocycles. The molecule has 0 amide bonds. The molecule has 0 aromatic carbocycles. The fourth-order valence-electron chi connectivity index (χ4n) is 2.46. The molecule has 0 radical (unpaired) electrons. The molecule has 1 aliphatic carbocycles. The minimum Gasteiger partial charge on any atom is -0.361 e. The van der Waals surface area contributed by atoms with Gasteiger partial charge < -0.3 is 4.74 Å². The monoisotopic (exact) mass is 219 g/mol. The summed E-state index contributed by atoms with van der Waals surface area (Å²) in [6.45, 7) is 5.31. The van der Waals surface area contributed by atoms with E-state index in [2.05, 4.69) is 19.2 Å². The molecule has 0 aromatic rings. The molecule has 84 valence electrons. The van der Waals surface area contributed by atoms with E-state index >= 15 is 0 Å². The summed E-state index contributed by atoms with van der Waals surface area (Å²) in [4.78, 5) is 0. The third-order valence-electron chi connectivity index (χ3n) is 3.23. The molecule has 3 heteroatoms. The molecule has 1 saturated carbocycles. The van der Waals surface area contributed by atoms with Crippen LogP contribution in [0.1, 0.15) is 46.0 Å². The molecular weight excluding hydrogens is 198 g/mol. The largest absolute Gasteiger partial charge is 0.361 e. The van der Waals surface area contributed by atoms with Gasteiger partial charge in [0.05, 0.1) is 6.61 Å². The van der Waals surface area contributed by atoms with Crippen LogP contribution in [0.25, 0.3) is 0 Å². The highest BCUT2D eigenvalue weighted by molar-refractivity contribution is 5.85. The van der Waals surface area contributed by atoms with E-state index in [1.165, 1.54) is 32.1 Å². The van der Waals surface area contributed by atoms with Gasteiger partial charge >= 0.3 is 0 Å². The van der Waals surface area contributed by atoms with Crippen molar-refractivity contribution < 1.29 is 4.74 Å². The fraction of sp³-hybridized carbons (Fsp3) is 1.00. The zero-order valence-corrected chi connectivity index (χ0v) is 10.0. The van der Waals surface area contributed by atoms with Gasteiger partial charge in [-0.2, -0.15) is 0 Å². The van der Waals surface area contributed by atoms with E-state index in [1.54, 1.807) is 0 Å². The Morgan fingerprint density at radius 1 is 1.14 bits per heavy atom. The van der Waals surface area contributed by atoms with Gasteiger partial charge in [-0.1, -0.05) is 19.3 Å². The number of halogens is 1. The Balaban J connectivity index is 0.000000980. The highest BCUT2D eigenvalue weighted by Gasteiger charge is 2.35. The first-order valence-electron chi connectivity index (χ1n) is 5.57. The molecule has 1 saturated heterocycles. The maximum Gasteiger partial charge on any atom is 0.111 e. The lowest BCUT2D eigenvalue weighted by Gasteiger charge is -2.28. The standard InChI is InChI=1S/C11H21NO.ClH/c1-11(2)8-13-10(12-11)9-6-4-3-5-7-9;/h9-10,12H,3-8H2,1-2H3;1H. The second kappa shape index (κ2) is 4.82. The Morgan fingerprint density at radius 2 is 1.79 bits per heavy atom. The third-order valence-corrected chi connectivity index (χ3v) is 3.23. The summed E-state index contributed by atoms with van der Waals surface area (Å²) in [6, 6.07) is 0. The van der Waals surface area contributed by atoms with Crippen molar-refractivity contribution in [2.24, 2.45) is 5.92 Å². The van der Waals surface area contributed by atoms with Crippen LogP contribution < -0.4 is 5.32 Å². The lowest BCUT2D eigenvalue weighted by Crippen LogP contribution is -2.42. The molecule has 1 aliphatic heterocycles. The van der Waals surface area contributed by atoms with Gasteiger partial charge in [-0.05, 0) is 32.6 Å². The number of nitrogens with one attached hydrogen (secondary N) is 1. The van der Waals surface area contributed by atoms with E-state index in [0.29, 0.717) is 6.23 Å². The van der Waals surface area contributed by atoms with E-state index in [9.17, 15) is 0 Å². The summed E-state index contributed by atoms with van der Waals surface area (Å²) < 4.78 is 5.80. The first-order chi connectivity index (χ1) is 6.17. The molecule has 2 nitrogen and oxygen atoms in total. The predicted molar refractivity (Wildman–Crippen MR) is 60.8 cm³/mol. The van der Waals surface area contributed by atoms with Crippen molar-refractivity contribution in [1.29, 1.82) is 0 Å². The highest BCUT2D eigenvalue weighted by atomic mass is 35.5. The third kappa shape index (κ3) is 2.85. The molecule has 1 heterocycles. The molecule has 14 heavy (non-hydrogen) atoms. The molecule has 1 unspecified atom stereocenters. The van der Waals surface area contributed by atoms with Crippen LogP contribution in [0, 0.1) is 5.92 Å². The van der Waals surface area contributed by atoms with Crippen LogP contribution in [0.4, 0.5) is 0 Å². The van der Waals surface area contributed by atoms with E-state index in [4.69, 9.17) is 4.74 Å². The van der Waals surface area contributed by atoms with Gasteiger partial charge in [-0.15, -0.1) is 12.4 Å². The summed E-state index contributed by atoms with van der Waals surface area (Å²) in [6.07, 6.45) is 7.27. The summed E-state index contributed by atoms with van der Waals surface area (Å²) >= 11 is 0. The molecule has 0 spiro atoms. The SMILES string of the molecule is CC1(C)COC(C2CCCCC2)N1.Cl. The van der Waals surface area contributed by atoms with Crippen molar-refractivity contribution >= 4 is 12.4 Å². The van der Waals surface area contributed by atoms with Gasteiger partial charge in [-0.3, -0.25) is 5.32 Å². The normalized spacial score (nSPS) is 32.6. The predicted octanol–water partition coefficient (Wildman–Crippen LogP) is 2.71. The quantitative estimate of drug-likeness (QED) is 0.733. The first-order valence-corrected chi connectivity index (χ1v) is 5.57. The highest BCUT2D eigenvalue weighted by Crippen LogP contribution is 2.30. The van der Waals surface area contributed by atoms with Gasteiger partial charge in [0, 0.05) is 5.54 Å². The van der Waals surface area contributed by atoms with Crippen molar-refractivity contribution in [3.63, 3.8) is 0 Å². The molecule has 1 N–H and O–H groups in total. The van der Waals surface area contributed by atoms with Gasteiger partial charge in [0.15, 0.2) is 0 Å². The minimum absolute atomic E-state index is 0. The lowest BCUT2D eigenvalue weighted by molar-refractivity contribution is 0.0363. The molecular formula is C11H22ClNO. The fourth-order valence-corrected chi connectivity index (χ4v) is 2.46. The topological polar surface area (TPSA) is 21.3 Å². The van der Waals surface area contributed by atoms with Crippen molar-refractivity contribution in [2.45, 2.75) is 57.7 Å². The Morgan fingerprint density at radius 3 is 2.29 bits per heavy atom. The molecule has 1 atom stereocenters. The Hall–Kier alpha value is 0.210. The van der Waals surface area contributed by atoms with Crippen LogP contribution in [0.3, 0.4) is 0 Å². The molecule has 0 bridgehead atoms. The van der Waals surface area contributed by atoms with E-state index in [0.717, 1.165) is 12.5 Å². The minimum atomic E-state index is 0. The molecule has 2 fully saturated rings. The van der Waals surface area contributed by atoms with Gasteiger partial charge in [-0.25, -0.2) is 0 Å². The lowest BCUT2D eigenvalue weighted by atomic mass is 9.88. The summed E-state index contributed by atoms with van der Waals surface area (Å²) in [7, 11) is 0. The number of rotatable bonds is 1. The molecule has 2 rings (SSSR count). The van der Waals surface area contributed by atoms with Crippen LogP contribution in [-0.2, 0) is 4.74 Å². The van der Waals surface area contributed by atoms with Gasteiger partial charge in [0.1, 0.15) is 6.23 Å². The van der Waals surface area contributed by atoms with Gasteiger partial charge in [0.25, 0.3) is 0 Å². The number of hydrogen-bond acceptors (Lipinski definition) is 2. The first kappa shape index (κ1) is 12.3. The second-order valence-corrected chi connectivity index (χ2v) is 5.16. The van der Waals surface area contributed by atoms with E-state index in [-0.39, 0.29) is 17.9 Å². The smallest absolute Gasteiger partial charge is 0.111 e. The van der Waals surface area contributed by atoms with E-state index in [1.807, 2.05) is 0 Å². The van der Waals surface area contributed by atoms with Crippen molar-refractivity contribution in [1.82, 2.24) is 5.32 Å². The van der Waals surface area contributed by atoms with Crippen LogP contribution in [0.5, 0.6) is 0 Å². The van der Waals surface area contributed by atoms with Crippen LogP contribution in [0.2, 0.25) is 0 Å². The van der Waals surface area contributed by atoms with Crippen LogP contribution in [-0.4, -0.2) is 18.4 Å². The van der Waals surface area contributed by atoms with Crippen LogP contribution in [0.15, 0.2) is 0 Å². The second-order valence-electron chi connectivity index (χ2n) is 5.16. The summed E-state index contributed by atoms with van der Waals surface area (Å²) in [5, 5.41) is 3.58. The van der Waals surface area contributed by atoms with Crippen LogP contribution >= 0.6 is 12.4 Å². The zero-order valence-electron chi connectivity index (χ0n) is 9.21. The Bertz CT molecular complexity index is 178. The number of hydrogen-bond donors (Lipinski definition) is 1. The molecule has 2 aliphatic rings. The Labute approximate surface area is 93.2 Å². The van der Waals surface area contributed by atoms with Crippen molar-refractivity contribution in [3.8, 4) is 0 Å². The summed E-state index contributed by atoms with van der Waals surface area (Å²) in [5.41, 5.74) is 0.197. The zero-order chi connectivity index (χ0) is 9.31. The average Bonchev–Trinajstić information content (AvgIpc) is 2.48. The van der Waals surface area contributed by atoms with Crippen molar-refractivity contribution in [3.05, 3.63) is 0 Å². The van der Waals surface area contributed by atoms with Gasteiger partial charge in [0.2, 0.25) is 0 Å². The maximum atomic E-state index is 5.80. The average molecular weight is 220 g/mol. The summed E-state index contributed by atoms with van der Waals surface area (Å²) in [5.74, 6) is 0.774. The Kier molecular flexibility index (Phi) is 4.23. The van der Waals surface area contributed by atoms with E-state index < -0.39 is 0 Å². The maximum absolute atomic E-state index is 5.80. The number of ether oxygens (including phenoxy) is 1.